The Morgan fingerprint density at radius 1 is 0.242 bits per heavy atom. The molecule has 0 saturated heterocycles. The number of nitrogens with zero attached hydrogens (tertiary/aromatic N) is 3. The lowest BCUT2D eigenvalue weighted by molar-refractivity contribution is 0.668. The molecule has 0 amide bonds. The average Bonchev–Trinajstić information content (AvgIpc) is 3.93. The Morgan fingerprint density at radius 2 is 0.645 bits per heavy atom. The summed E-state index contributed by atoms with van der Waals surface area (Å²) in [6.45, 7) is 0. The minimum atomic E-state index is 0.549. The summed E-state index contributed by atoms with van der Waals surface area (Å²) in [5, 5.41) is 3.90. The molecule has 5 nitrogen and oxygen atoms in total. The predicted octanol–water partition coefficient (Wildman–Crippen LogP) is 15.3. The maximum absolute atomic E-state index is 6.51. The minimum Gasteiger partial charge on any atom is -0.456 e. The number of aromatic nitrogens is 3. The van der Waals surface area contributed by atoms with Gasteiger partial charge in [-0.2, -0.15) is 0 Å². The zero-order valence-corrected chi connectivity index (χ0v) is 33.4. The van der Waals surface area contributed by atoms with Gasteiger partial charge in [-0.05, 0) is 87.0 Å². The molecule has 12 rings (SSSR count). The Hall–Kier alpha value is -8.41. The van der Waals surface area contributed by atoms with Gasteiger partial charge in [0.1, 0.15) is 22.3 Å². The van der Waals surface area contributed by atoms with E-state index in [2.05, 4.69) is 170 Å². The fraction of sp³-hybridized carbons (Fsp3) is 0. The zero-order valence-electron chi connectivity index (χ0n) is 33.4. The van der Waals surface area contributed by atoms with Gasteiger partial charge in [-0.1, -0.05) is 170 Å². The van der Waals surface area contributed by atoms with Crippen molar-refractivity contribution in [3.05, 3.63) is 212 Å². The Kier molecular flexibility index (Phi) is 8.42. The lowest BCUT2D eigenvalue weighted by atomic mass is 9.93. The van der Waals surface area contributed by atoms with Gasteiger partial charge in [0.2, 0.25) is 0 Å². The molecule has 0 aliphatic heterocycles. The molecule has 0 spiro atoms. The standard InChI is InChI=1S/C57H35N3O2/c1-4-15-36(16-5-1)39-29-31-49-47(34-39)53-45(25-13-27-51(53)61-49)56-58-55(42-22-12-21-41(33-42)44-24-11-10-23-43(44)38-19-8-3-9-20-38)59-57(60-56)46-26-14-28-52-54(46)48-35-40(30-32-50(48)62-52)37-17-6-2-7-18-37/h1-35H. The molecular formula is C57H35N3O2. The first-order valence-corrected chi connectivity index (χ1v) is 20.8. The third kappa shape index (κ3) is 6.14. The van der Waals surface area contributed by atoms with Crippen LogP contribution in [0, 0.1) is 0 Å². The second-order valence-corrected chi connectivity index (χ2v) is 15.5. The first-order chi connectivity index (χ1) is 30.7. The van der Waals surface area contributed by atoms with Gasteiger partial charge in [0.15, 0.2) is 17.5 Å². The molecule has 0 fully saturated rings. The molecule has 0 N–H and O–H groups in total. The second-order valence-electron chi connectivity index (χ2n) is 15.5. The van der Waals surface area contributed by atoms with Crippen molar-refractivity contribution in [3.8, 4) is 78.7 Å². The topological polar surface area (TPSA) is 65.0 Å². The van der Waals surface area contributed by atoms with Crippen LogP contribution in [0.2, 0.25) is 0 Å². The number of hydrogen-bond acceptors (Lipinski definition) is 5. The summed E-state index contributed by atoms with van der Waals surface area (Å²) >= 11 is 0. The fourth-order valence-electron chi connectivity index (χ4n) is 8.82. The zero-order chi connectivity index (χ0) is 41.0. The van der Waals surface area contributed by atoms with Crippen LogP contribution in [-0.2, 0) is 0 Å². The molecule has 0 aliphatic carbocycles. The largest absolute Gasteiger partial charge is 0.456 e. The van der Waals surface area contributed by atoms with Crippen LogP contribution in [-0.4, -0.2) is 15.0 Å². The Labute approximate surface area is 357 Å². The first kappa shape index (κ1) is 35.5. The molecule has 9 aromatic carbocycles. The lowest BCUT2D eigenvalue weighted by Gasteiger charge is -2.13. The minimum absolute atomic E-state index is 0.549. The summed E-state index contributed by atoms with van der Waals surface area (Å²) in [5.74, 6) is 1.66. The Morgan fingerprint density at radius 3 is 1.18 bits per heavy atom. The smallest absolute Gasteiger partial charge is 0.164 e. The monoisotopic (exact) mass is 793 g/mol. The van der Waals surface area contributed by atoms with Gasteiger partial charge < -0.3 is 8.83 Å². The molecule has 0 bridgehead atoms. The highest BCUT2D eigenvalue weighted by Crippen LogP contribution is 2.42. The molecule has 5 heteroatoms. The van der Waals surface area contributed by atoms with Crippen molar-refractivity contribution in [2.45, 2.75) is 0 Å². The highest BCUT2D eigenvalue weighted by Gasteiger charge is 2.21. The van der Waals surface area contributed by atoms with Crippen LogP contribution in [0.1, 0.15) is 0 Å². The fourth-order valence-corrected chi connectivity index (χ4v) is 8.82. The van der Waals surface area contributed by atoms with E-state index < -0.39 is 0 Å². The van der Waals surface area contributed by atoms with Gasteiger partial charge in [-0.25, -0.2) is 15.0 Å². The molecule has 290 valence electrons. The van der Waals surface area contributed by atoms with Gasteiger partial charge in [0.05, 0.1) is 0 Å². The highest BCUT2D eigenvalue weighted by molar-refractivity contribution is 6.14. The normalized spacial score (nSPS) is 11.5. The van der Waals surface area contributed by atoms with Crippen LogP contribution in [0.25, 0.3) is 123 Å². The van der Waals surface area contributed by atoms with E-state index in [9.17, 15) is 0 Å². The molecular weight excluding hydrogens is 759 g/mol. The molecule has 3 heterocycles. The molecule has 0 radical (unpaired) electrons. The van der Waals surface area contributed by atoms with Crippen molar-refractivity contribution in [1.82, 2.24) is 15.0 Å². The molecule has 3 aromatic heterocycles. The van der Waals surface area contributed by atoms with Crippen molar-refractivity contribution >= 4 is 43.9 Å². The Bertz CT molecular complexity index is 3450. The quantitative estimate of drug-likeness (QED) is 0.161. The lowest BCUT2D eigenvalue weighted by Crippen LogP contribution is -2.01. The summed E-state index contributed by atoms with van der Waals surface area (Å²) in [4.78, 5) is 16.0. The van der Waals surface area contributed by atoms with Gasteiger partial charge in [0.25, 0.3) is 0 Å². The molecule has 0 unspecified atom stereocenters. The third-order valence-corrected chi connectivity index (χ3v) is 11.8. The van der Waals surface area contributed by atoms with Crippen LogP contribution in [0.15, 0.2) is 221 Å². The third-order valence-electron chi connectivity index (χ3n) is 11.8. The number of benzene rings is 9. The van der Waals surface area contributed by atoms with Crippen molar-refractivity contribution in [1.29, 1.82) is 0 Å². The van der Waals surface area contributed by atoms with E-state index in [4.69, 9.17) is 23.8 Å². The number of furan rings is 2. The van der Waals surface area contributed by atoms with E-state index in [1.807, 2.05) is 42.5 Å². The first-order valence-electron chi connectivity index (χ1n) is 20.8. The summed E-state index contributed by atoms with van der Waals surface area (Å²) < 4.78 is 13.0. The van der Waals surface area contributed by atoms with Gasteiger partial charge in [-0.3, -0.25) is 0 Å². The van der Waals surface area contributed by atoms with Crippen LogP contribution >= 0.6 is 0 Å². The van der Waals surface area contributed by atoms with Crippen molar-refractivity contribution in [2.75, 3.05) is 0 Å². The maximum atomic E-state index is 6.51. The molecule has 0 atom stereocenters. The summed E-state index contributed by atoms with van der Waals surface area (Å²) in [6.07, 6.45) is 0. The Balaban J connectivity index is 1.10. The number of fused-ring (bicyclic) bond motifs is 6. The van der Waals surface area contributed by atoms with Crippen LogP contribution in [0.5, 0.6) is 0 Å². The van der Waals surface area contributed by atoms with Crippen LogP contribution < -0.4 is 0 Å². The average molecular weight is 794 g/mol. The summed E-state index contributed by atoms with van der Waals surface area (Å²) in [6, 6.07) is 73.4. The van der Waals surface area contributed by atoms with Crippen LogP contribution in [0.3, 0.4) is 0 Å². The second kappa shape index (κ2) is 14.7. The van der Waals surface area contributed by atoms with Gasteiger partial charge >= 0.3 is 0 Å². The maximum Gasteiger partial charge on any atom is 0.164 e. The van der Waals surface area contributed by atoms with E-state index in [1.54, 1.807) is 0 Å². The van der Waals surface area contributed by atoms with Crippen molar-refractivity contribution < 1.29 is 8.83 Å². The van der Waals surface area contributed by atoms with E-state index in [0.717, 1.165) is 105 Å². The molecule has 0 saturated carbocycles. The highest BCUT2D eigenvalue weighted by atomic mass is 16.3. The van der Waals surface area contributed by atoms with Gasteiger partial charge in [-0.15, -0.1) is 0 Å². The molecule has 62 heavy (non-hydrogen) atoms. The van der Waals surface area contributed by atoms with E-state index in [0.29, 0.717) is 17.5 Å². The predicted molar refractivity (Wildman–Crippen MR) is 252 cm³/mol. The van der Waals surface area contributed by atoms with E-state index in [1.165, 1.54) is 0 Å². The number of rotatable bonds is 7. The van der Waals surface area contributed by atoms with E-state index >= 15 is 0 Å². The SMILES string of the molecule is c1ccc(-c2ccc3oc4cccc(-c5nc(-c6cccc(-c7ccccc7-c7ccccc7)c6)nc(-c6cccc7oc8ccc(-c9ccccc9)cc8c67)n5)c4c3c2)cc1. The van der Waals surface area contributed by atoms with Crippen molar-refractivity contribution in [3.63, 3.8) is 0 Å². The van der Waals surface area contributed by atoms with Crippen LogP contribution in [0.4, 0.5) is 0 Å². The van der Waals surface area contributed by atoms with Gasteiger partial charge in [0, 0.05) is 38.2 Å². The van der Waals surface area contributed by atoms with E-state index in [-0.39, 0.29) is 0 Å². The molecule has 12 aromatic rings. The summed E-state index contributed by atoms with van der Waals surface area (Å²) in [5.41, 5.74) is 14.7. The van der Waals surface area contributed by atoms with Crippen molar-refractivity contribution in [2.24, 2.45) is 0 Å². The summed E-state index contributed by atoms with van der Waals surface area (Å²) in [7, 11) is 0. The molecule has 0 aliphatic rings. The number of hydrogen-bond donors (Lipinski definition) is 0.